The van der Waals surface area contributed by atoms with Gasteiger partial charge in [-0.15, -0.1) is 12.4 Å². The molecular formula is C15H23ClFN3O. The lowest BCUT2D eigenvalue weighted by atomic mass is 10.2. The summed E-state index contributed by atoms with van der Waals surface area (Å²) in [5.74, 6) is -0.152. The first-order chi connectivity index (χ1) is 9.56. The lowest BCUT2D eigenvalue weighted by molar-refractivity contribution is -0.132. The van der Waals surface area contributed by atoms with E-state index < -0.39 is 0 Å². The molecule has 1 aliphatic rings. The third-order valence-corrected chi connectivity index (χ3v) is 3.74. The molecule has 0 bridgehead atoms. The largest absolute Gasteiger partial charge is 0.340 e. The van der Waals surface area contributed by atoms with E-state index in [0.29, 0.717) is 19.1 Å². The van der Waals surface area contributed by atoms with Gasteiger partial charge in [0.25, 0.3) is 0 Å². The number of nitrogens with zero attached hydrogens (tertiary/aromatic N) is 2. The first kappa shape index (κ1) is 17.9. The Labute approximate surface area is 131 Å². The van der Waals surface area contributed by atoms with Crippen LogP contribution in [0, 0.1) is 5.82 Å². The molecule has 0 radical (unpaired) electrons. The number of hydrogen-bond acceptors (Lipinski definition) is 3. The summed E-state index contributed by atoms with van der Waals surface area (Å²) in [6.07, 6.45) is 0. The van der Waals surface area contributed by atoms with E-state index in [1.165, 1.54) is 12.1 Å². The van der Waals surface area contributed by atoms with E-state index in [0.717, 1.165) is 25.2 Å². The fourth-order valence-electron chi connectivity index (χ4n) is 2.36. The van der Waals surface area contributed by atoms with Crippen LogP contribution in [-0.4, -0.2) is 55.0 Å². The molecule has 1 aromatic carbocycles. The smallest absolute Gasteiger partial charge is 0.236 e. The summed E-state index contributed by atoms with van der Waals surface area (Å²) >= 11 is 0. The minimum Gasteiger partial charge on any atom is -0.340 e. The zero-order chi connectivity index (χ0) is 14.5. The number of likely N-dealkylation sites (N-methyl/N-ethyl adjacent to an activating group) is 1. The Morgan fingerprint density at radius 3 is 2.71 bits per heavy atom. The van der Waals surface area contributed by atoms with Gasteiger partial charge in [0, 0.05) is 39.3 Å². The van der Waals surface area contributed by atoms with Gasteiger partial charge in [0.2, 0.25) is 5.91 Å². The molecule has 0 unspecified atom stereocenters. The number of amides is 1. The average Bonchev–Trinajstić information content (AvgIpc) is 2.44. The molecule has 1 aliphatic heterocycles. The average molecular weight is 316 g/mol. The maximum absolute atomic E-state index is 12.8. The van der Waals surface area contributed by atoms with E-state index in [-0.39, 0.29) is 24.1 Å². The number of benzene rings is 1. The molecule has 0 aliphatic carbocycles. The van der Waals surface area contributed by atoms with E-state index in [1.54, 1.807) is 24.1 Å². The third kappa shape index (κ3) is 5.26. The Hall–Kier alpha value is -1.17. The molecule has 1 saturated heterocycles. The topological polar surface area (TPSA) is 35.6 Å². The zero-order valence-electron chi connectivity index (χ0n) is 12.5. The molecule has 4 nitrogen and oxygen atoms in total. The Morgan fingerprint density at radius 1 is 1.43 bits per heavy atom. The highest BCUT2D eigenvalue weighted by Crippen LogP contribution is 2.07. The van der Waals surface area contributed by atoms with E-state index in [2.05, 4.69) is 17.1 Å². The zero-order valence-corrected chi connectivity index (χ0v) is 13.3. The van der Waals surface area contributed by atoms with Crippen molar-refractivity contribution in [3.05, 3.63) is 35.6 Å². The van der Waals surface area contributed by atoms with Gasteiger partial charge in [-0.2, -0.15) is 0 Å². The molecule has 0 aromatic heterocycles. The fraction of sp³-hybridized carbons (Fsp3) is 0.533. The van der Waals surface area contributed by atoms with Gasteiger partial charge in [-0.3, -0.25) is 9.69 Å². The number of piperazine rings is 1. The Bertz CT molecular complexity index is 455. The molecule has 1 heterocycles. The van der Waals surface area contributed by atoms with E-state index >= 15 is 0 Å². The second-order valence-electron chi connectivity index (χ2n) is 5.40. The van der Waals surface area contributed by atoms with Crippen LogP contribution in [0.15, 0.2) is 24.3 Å². The van der Waals surface area contributed by atoms with Crippen LogP contribution in [0.5, 0.6) is 0 Å². The number of nitrogens with one attached hydrogen (secondary N) is 1. The van der Waals surface area contributed by atoms with E-state index in [4.69, 9.17) is 0 Å². The summed E-state index contributed by atoms with van der Waals surface area (Å²) < 4.78 is 12.8. The van der Waals surface area contributed by atoms with Crippen LogP contribution in [-0.2, 0) is 11.3 Å². The molecule has 1 N–H and O–H groups in total. The summed E-state index contributed by atoms with van der Waals surface area (Å²) in [4.78, 5) is 16.1. The second-order valence-corrected chi connectivity index (χ2v) is 5.40. The molecule has 2 rings (SSSR count). The van der Waals surface area contributed by atoms with Gasteiger partial charge >= 0.3 is 0 Å². The van der Waals surface area contributed by atoms with Crippen molar-refractivity contribution in [1.82, 2.24) is 15.1 Å². The van der Waals surface area contributed by atoms with Crippen LogP contribution in [0.2, 0.25) is 0 Å². The molecule has 0 saturated carbocycles. The molecular weight excluding hydrogens is 293 g/mol. The molecule has 1 atom stereocenters. The van der Waals surface area contributed by atoms with Gasteiger partial charge in [0.15, 0.2) is 0 Å². The predicted molar refractivity (Wildman–Crippen MR) is 84.0 cm³/mol. The molecule has 21 heavy (non-hydrogen) atoms. The van der Waals surface area contributed by atoms with Gasteiger partial charge in [-0.25, -0.2) is 4.39 Å². The quantitative estimate of drug-likeness (QED) is 0.914. The summed E-state index contributed by atoms with van der Waals surface area (Å²) in [5, 5.41) is 3.31. The number of rotatable bonds is 4. The highest BCUT2D eigenvalue weighted by atomic mass is 35.5. The van der Waals surface area contributed by atoms with Gasteiger partial charge in [0.05, 0.1) is 6.54 Å². The van der Waals surface area contributed by atoms with Crippen LogP contribution in [0.4, 0.5) is 4.39 Å². The van der Waals surface area contributed by atoms with Gasteiger partial charge < -0.3 is 10.2 Å². The Kier molecular flexibility index (Phi) is 7.08. The molecule has 6 heteroatoms. The normalized spacial score (nSPS) is 18.9. The number of carbonyl (C=O) groups is 1. The first-order valence-electron chi connectivity index (χ1n) is 6.99. The fourth-order valence-corrected chi connectivity index (χ4v) is 2.36. The molecule has 118 valence electrons. The Balaban J connectivity index is 0.00000220. The van der Waals surface area contributed by atoms with Crippen LogP contribution < -0.4 is 5.32 Å². The standard InChI is InChI=1S/C15H22FN3O.ClH/c1-12-9-17-7-8-19(12)11-15(20)18(2)10-13-3-5-14(16)6-4-13;/h3-6,12,17H,7-11H2,1-2H3;1H/t12-;/m0./s1. The summed E-state index contributed by atoms with van der Waals surface area (Å²) in [6, 6.07) is 6.66. The SMILES string of the molecule is C[C@H]1CNCCN1CC(=O)N(C)Cc1ccc(F)cc1.Cl. The van der Waals surface area contributed by atoms with Crippen molar-refractivity contribution in [3.63, 3.8) is 0 Å². The van der Waals surface area contributed by atoms with Crippen molar-refractivity contribution in [2.24, 2.45) is 0 Å². The number of hydrogen-bond donors (Lipinski definition) is 1. The molecule has 0 spiro atoms. The van der Waals surface area contributed by atoms with Crippen molar-refractivity contribution >= 4 is 18.3 Å². The van der Waals surface area contributed by atoms with E-state index in [1.807, 2.05) is 0 Å². The minimum atomic E-state index is -0.252. The van der Waals surface area contributed by atoms with Gasteiger partial charge in [-0.05, 0) is 24.6 Å². The number of halogens is 2. The summed E-state index contributed by atoms with van der Waals surface area (Å²) in [6.45, 7) is 5.84. The van der Waals surface area contributed by atoms with Crippen LogP contribution in [0.1, 0.15) is 12.5 Å². The van der Waals surface area contributed by atoms with Gasteiger partial charge in [0.1, 0.15) is 5.82 Å². The number of carbonyl (C=O) groups excluding carboxylic acids is 1. The van der Waals surface area contributed by atoms with Crippen molar-refractivity contribution in [2.45, 2.75) is 19.5 Å². The highest BCUT2D eigenvalue weighted by molar-refractivity contribution is 5.85. The van der Waals surface area contributed by atoms with E-state index in [9.17, 15) is 9.18 Å². The molecule has 1 aromatic rings. The maximum atomic E-state index is 12.8. The first-order valence-corrected chi connectivity index (χ1v) is 6.99. The van der Waals surface area contributed by atoms with Crippen LogP contribution in [0.3, 0.4) is 0 Å². The lowest BCUT2D eigenvalue weighted by Gasteiger charge is -2.34. The predicted octanol–water partition coefficient (Wildman–Crippen LogP) is 1.50. The van der Waals surface area contributed by atoms with Crippen LogP contribution >= 0.6 is 12.4 Å². The summed E-state index contributed by atoms with van der Waals surface area (Å²) in [7, 11) is 1.79. The van der Waals surface area contributed by atoms with Crippen molar-refractivity contribution < 1.29 is 9.18 Å². The summed E-state index contributed by atoms with van der Waals surface area (Å²) in [5.41, 5.74) is 0.940. The monoisotopic (exact) mass is 315 g/mol. The Morgan fingerprint density at radius 2 is 2.10 bits per heavy atom. The third-order valence-electron chi connectivity index (χ3n) is 3.74. The highest BCUT2D eigenvalue weighted by Gasteiger charge is 2.21. The second kappa shape index (κ2) is 8.32. The molecule has 1 fully saturated rings. The van der Waals surface area contributed by atoms with Crippen LogP contribution in [0.25, 0.3) is 0 Å². The van der Waals surface area contributed by atoms with Crippen molar-refractivity contribution in [1.29, 1.82) is 0 Å². The minimum absolute atomic E-state index is 0. The maximum Gasteiger partial charge on any atom is 0.236 e. The van der Waals surface area contributed by atoms with Gasteiger partial charge in [-0.1, -0.05) is 12.1 Å². The molecule has 1 amide bonds. The van der Waals surface area contributed by atoms with Crippen molar-refractivity contribution in [3.8, 4) is 0 Å². The lowest BCUT2D eigenvalue weighted by Crippen LogP contribution is -2.52. The van der Waals surface area contributed by atoms with Crippen molar-refractivity contribution in [2.75, 3.05) is 33.2 Å².